The highest BCUT2D eigenvalue weighted by Crippen LogP contribution is 2.12. The molecule has 1 amide bonds. The van der Waals surface area contributed by atoms with E-state index < -0.39 is 0 Å². The molecule has 4 nitrogen and oxygen atoms in total. The van der Waals surface area contributed by atoms with Crippen LogP contribution in [-0.4, -0.2) is 20.0 Å². The molecule has 0 atom stereocenters. The van der Waals surface area contributed by atoms with E-state index in [1.54, 1.807) is 18.2 Å². The zero-order valence-corrected chi connectivity index (χ0v) is 13.3. The number of amides is 1. The monoisotopic (exact) mass is 305 g/mol. The van der Waals surface area contributed by atoms with E-state index in [9.17, 15) is 4.79 Å². The second-order valence-corrected chi connectivity index (χ2v) is 5.35. The van der Waals surface area contributed by atoms with Crippen molar-refractivity contribution >= 4 is 17.7 Å². The molecule has 0 saturated heterocycles. The fourth-order valence-electron chi connectivity index (χ4n) is 2.00. The molecule has 116 valence electrons. The fourth-order valence-corrected chi connectivity index (χ4v) is 2.00. The van der Waals surface area contributed by atoms with E-state index >= 15 is 0 Å². The Morgan fingerprint density at radius 2 is 1.78 bits per heavy atom. The minimum Gasteiger partial charge on any atom is -0.378 e. The Balaban J connectivity index is 1.86. The summed E-state index contributed by atoms with van der Waals surface area (Å²) in [6, 6.07) is 17.2. The number of hydrogen-bond donors (Lipinski definition) is 1. The van der Waals surface area contributed by atoms with Crippen LogP contribution in [0.15, 0.2) is 54.6 Å². The van der Waals surface area contributed by atoms with Crippen molar-refractivity contribution in [1.29, 1.82) is 5.26 Å². The van der Waals surface area contributed by atoms with Gasteiger partial charge in [0.25, 0.3) is 0 Å². The third kappa shape index (κ3) is 5.01. The van der Waals surface area contributed by atoms with Crippen LogP contribution in [0, 0.1) is 11.3 Å². The zero-order chi connectivity index (χ0) is 16.7. The third-order valence-corrected chi connectivity index (χ3v) is 3.39. The van der Waals surface area contributed by atoms with Crippen LogP contribution in [-0.2, 0) is 11.3 Å². The molecule has 0 unspecified atom stereocenters. The SMILES string of the molecule is CN(C)c1ccc(CNC(=O)/C=C/c2ccc(C#N)cc2)cc1. The second-order valence-electron chi connectivity index (χ2n) is 5.35. The Labute approximate surface area is 136 Å². The van der Waals surface area contributed by atoms with Gasteiger partial charge in [-0.05, 0) is 41.5 Å². The summed E-state index contributed by atoms with van der Waals surface area (Å²) < 4.78 is 0. The third-order valence-electron chi connectivity index (χ3n) is 3.39. The predicted octanol–water partition coefficient (Wildman–Crippen LogP) is 2.95. The highest BCUT2D eigenvalue weighted by molar-refractivity contribution is 5.91. The van der Waals surface area contributed by atoms with Crippen molar-refractivity contribution in [2.45, 2.75) is 6.54 Å². The number of carbonyl (C=O) groups excluding carboxylic acids is 1. The first-order valence-corrected chi connectivity index (χ1v) is 7.31. The number of carbonyl (C=O) groups is 1. The Morgan fingerprint density at radius 3 is 2.35 bits per heavy atom. The molecule has 0 heterocycles. The van der Waals surface area contributed by atoms with E-state index in [1.165, 1.54) is 6.08 Å². The predicted molar refractivity (Wildman–Crippen MR) is 92.8 cm³/mol. The molecule has 0 saturated carbocycles. The molecule has 0 fully saturated rings. The standard InChI is InChI=1S/C19H19N3O/c1-22(2)18-10-7-17(8-11-18)14-21-19(23)12-9-15-3-5-16(13-20)6-4-15/h3-12H,14H2,1-2H3,(H,21,23)/b12-9+. The molecule has 0 bridgehead atoms. The molecular weight excluding hydrogens is 286 g/mol. The lowest BCUT2D eigenvalue weighted by Crippen LogP contribution is -2.20. The number of anilines is 1. The van der Waals surface area contributed by atoms with Crippen LogP contribution in [0.4, 0.5) is 5.69 Å². The lowest BCUT2D eigenvalue weighted by molar-refractivity contribution is -0.116. The molecule has 23 heavy (non-hydrogen) atoms. The Hall–Kier alpha value is -3.06. The summed E-state index contributed by atoms with van der Waals surface area (Å²) in [5.41, 5.74) is 3.67. The second kappa shape index (κ2) is 7.81. The maximum absolute atomic E-state index is 11.8. The molecule has 0 aromatic heterocycles. The molecule has 2 rings (SSSR count). The van der Waals surface area contributed by atoms with Crippen molar-refractivity contribution < 1.29 is 4.79 Å². The van der Waals surface area contributed by atoms with Gasteiger partial charge < -0.3 is 10.2 Å². The molecular formula is C19H19N3O. The van der Waals surface area contributed by atoms with E-state index in [0.29, 0.717) is 12.1 Å². The number of hydrogen-bond acceptors (Lipinski definition) is 3. The highest BCUT2D eigenvalue weighted by atomic mass is 16.1. The van der Waals surface area contributed by atoms with E-state index in [1.807, 2.05) is 55.4 Å². The van der Waals surface area contributed by atoms with Gasteiger partial charge in [0.2, 0.25) is 5.91 Å². The molecule has 4 heteroatoms. The fraction of sp³-hybridized carbons (Fsp3) is 0.158. The number of nitrogens with zero attached hydrogens (tertiary/aromatic N) is 2. The van der Waals surface area contributed by atoms with Gasteiger partial charge >= 0.3 is 0 Å². The average Bonchev–Trinajstić information content (AvgIpc) is 2.59. The average molecular weight is 305 g/mol. The van der Waals surface area contributed by atoms with Gasteiger partial charge in [0.15, 0.2) is 0 Å². The molecule has 0 aliphatic rings. The van der Waals surface area contributed by atoms with E-state index in [4.69, 9.17) is 5.26 Å². The minimum absolute atomic E-state index is 0.147. The molecule has 0 aliphatic carbocycles. The minimum atomic E-state index is -0.147. The lowest BCUT2D eigenvalue weighted by Gasteiger charge is -2.12. The van der Waals surface area contributed by atoms with Crippen molar-refractivity contribution in [2.75, 3.05) is 19.0 Å². The van der Waals surface area contributed by atoms with E-state index in [2.05, 4.69) is 11.4 Å². The van der Waals surface area contributed by atoms with Crippen LogP contribution in [0.3, 0.4) is 0 Å². The van der Waals surface area contributed by atoms with Gasteiger partial charge in [0.05, 0.1) is 11.6 Å². The Kier molecular flexibility index (Phi) is 5.54. The quantitative estimate of drug-likeness (QED) is 0.864. The van der Waals surface area contributed by atoms with Crippen molar-refractivity contribution in [2.24, 2.45) is 0 Å². The smallest absolute Gasteiger partial charge is 0.244 e. The maximum atomic E-state index is 11.8. The molecule has 0 radical (unpaired) electrons. The highest BCUT2D eigenvalue weighted by Gasteiger charge is 1.99. The number of rotatable bonds is 5. The maximum Gasteiger partial charge on any atom is 0.244 e. The first kappa shape index (κ1) is 16.3. The van der Waals surface area contributed by atoms with Gasteiger partial charge in [-0.1, -0.05) is 24.3 Å². The lowest BCUT2D eigenvalue weighted by atomic mass is 10.1. The summed E-state index contributed by atoms with van der Waals surface area (Å²) in [5.74, 6) is -0.147. The summed E-state index contributed by atoms with van der Waals surface area (Å²) in [7, 11) is 3.98. The molecule has 0 spiro atoms. The largest absolute Gasteiger partial charge is 0.378 e. The Bertz CT molecular complexity index is 723. The first-order chi connectivity index (χ1) is 11.1. The van der Waals surface area contributed by atoms with Crippen LogP contribution >= 0.6 is 0 Å². The summed E-state index contributed by atoms with van der Waals surface area (Å²) >= 11 is 0. The molecule has 1 N–H and O–H groups in total. The zero-order valence-electron chi connectivity index (χ0n) is 13.3. The van der Waals surface area contributed by atoms with Crippen LogP contribution < -0.4 is 10.2 Å². The van der Waals surface area contributed by atoms with Gasteiger partial charge in [0.1, 0.15) is 0 Å². The van der Waals surface area contributed by atoms with Gasteiger partial charge in [-0.15, -0.1) is 0 Å². The summed E-state index contributed by atoms with van der Waals surface area (Å²) in [4.78, 5) is 13.9. The van der Waals surface area contributed by atoms with Crippen LogP contribution in [0.2, 0.25) is 0 Å². The van der Waals surface area contributed by atoms with Crippen LogP contribution in [0.1, 0.15) is 16.7 Å². The Morgan fingerprint density at radius 1 is 1.13 bits per heavy atom. The molecule has 2 aromatic rings. The topological polar surface area (TPSA) is 56.1 Å². The molecule has 2 aromatic carbocycles. The van der Waals surface area contributed by atoms with E-state index in [0.717, 1.165) is 16.8 Å². The van der Waals surface area contributed by atoms with Gasteiger partial charge in [0, 0.05) is 32.4 Å². The number of nitriles is 1. The summed E-state index contributed by atoms with van der Waals surface area (Å²) in [6.07, 6.45) is 3.22. The summed E-state index contributed by atoms with van der Waals surface area (Å²) in [5, 5.41) is 11.6. The van der Waals surface area contributed by atoms with Crippen molar-refractivity contribution in [1.82, 2.24) is 5.32 Å². The van der Waals surface area contributed by atoms with Gasteiger partial charge in [-0.3, -0.25) is 4.79 Å². The number of nitrogens with one attached hydrogen (secondary N) is 1. The molecule has 0 aliphatic heterocycles. The number of benzene rings is 2. The van der Waals surface area contributed by atoms with Crippen molar-refractivity contribution in [3.05, 3.63) is 71.3 Å². The normalized spacial score (nSPS) is 10.3. The van der Waals surface area contributed by atoms with Crippen molar-refractivity contribution in [3.8, 4) is 6.07 Å². The van der Waals surface area contributed by atoms with Crippen molar-refractivity contribution in [3.63, 3.8) is 0 Å². The first-order valence-electron chi connectivity index (χ1n) is 7.31. The van der Waals surface area contributed by atoms with E-state index in [-0.39, 0.29) is 5.91 Å². The van der Waals surface area contributed by atoms with Gasteiger partial charge in [-0.25, -0.2) is 0 Å². The van der Waals surface area contributed by atoms with Gasteiger partial charge in [-0.2, -0.15) is 5.26 Å². The van der Waals surface area contributed by atoms with Crippen LogP contribution in [0.5, 0.6) is 0 Å². The van der Waals surface area contributed by atoms with Crippen LogP contribution in [0.25, 0.3) is 6.08 Å². The summed E-state index contributed by atoms with van der Waals surface area (Å²) in [6.45, 7) is 0.490.